The first-order valence-electron chi connectivity index (χ1n) is 8.41. The third-order valence-electron chi connectivity index (χ3n) is 4.05. The molecule has 2 aromatic rings. The Morgan fingerprint density at radius 1 is 1.07 bits per heavy atom. The zero-order valence-electron chi connectivity index (χ0n) is 14.7. The van der Waals surface area contributed by atoms with Crippen LogP contribution in [0.3, 0.4) is 0 Å². The number of imide groups is 1. The van der Waals surface area contributed by atoms with Gasteiger partial charge in [-0.25, -0.2) is 0 Å². The molecule has 0 fully saturated rings. The van der Waals surface area contributed by atoms with Crippen LogP contribution in [0.15, 0.2) is 60.3 Å². The van der Waals surface area contributed by atoms with Crippen molar-refractivity contribution in [2.24, 2.45) is 0 Å². The van der Waals surface area contributed by atoms with Crippen LogP contribution in [-0.2, 0) is 9.59 Å². The number of β-amino-alcohol motifs (C(OH)–C–C–N with tert-alkyl or cyclic N) is 1. The van der Waals surface area contributed by atoms with Gasteiger partial charge >= 0.3 is 0 Å². The summed E-state index contributed by atoms with van der Waals surface area (Å²) in [6.45, 7) is 1.61. The zero-order chi connectivity index (χ0) is 19.4. The van der Waals surface area contributed by atoms with Crippen molar-refractivity contribution >= 4 is 29.1 Å². The molecule has 0 saturated heterocycles. The molecule has 7 heteroatoms. The predicted octanol–water partition coefficient (Wildman–Crippen LogP) is 1.90. The van der Waals surface area contributed by atoms with Gasteiger partial charge in [0, 0.05) is 23.0 Å². The molecule has 7 nitrogen and oxygen atoms in total. The van der Waals surface area contributed by atoms with E-state index >= 15 is 0 Å². The Morgan fingerprint density at radius 2 is 1.81 bits per heavy atom. The summed E-state index contributed by atoms with van der Waals surface area (Å²) in [5.41, 5.74) is 2.79. The van der Waals surface area contributed by atoms with Crippen LogP contribution < -0.4 is 10.6 Å². The maximum absolute atomic E-state index is 12.4. The number of nitrogens with one attached hydrogen (secondary N) is 2. The van der Waals surface area contributed by atoms with Crippen molar-refractivity contribution in [2.75, 3.05) is 23.8 Å². The van der Waals surface area contributed by atoms with Crippen molar-refractivity contribution < 1.29 is 19.5 Å². The second kappa shape index (κ2) is 7.84. The van der Waals surface area contributed by atoms with E-state index in [1.54, 1.807) is 24.3 Å². The van der Waals surface area contributed by atoms with Crippen molar-refractivity contribution in [3.63, 3.8) is 0 Å². The SMILES string of the molecule is Cc1ccc(NC(=O)c2cccc(NC3=CC(=O)N(CCO)C3=O)c2)cc1. The van der Waals surface area contributed by atoms with E-state index in [9.17, 15) is 14.4 Å². The summed E-state index contributed by atoms with van der Waals surface area (Å²) in [7, 11) is 0. The molecule has 0 spiro atoms. The van der Waals surface area contributed by atoms with E-state index in [-0.39, 0.29) is 24.8 Å². The van der Waals surface area contributed by atoms with Crippen molar-refractivity contribution in [1.29, 1.82) is 0 Å². The van der Waals surface area contributed by atoms with E-state index in [1.807, 2.05) is 31.2 Å². The van der Waals surface area contributed by atoms with Gasteiger partial charge in [0.25, 0.3) is 17.7 Å². The number of rotatable bonds is 6. The molecule has 0 radical (unpaired) electrons. The normalized spacial score (nSPS) is 13.6. The summed E-state index contributed by atoms with van der Waals surface area (Å²) in [6, 6.07) is 14.1. The van der Waals surface area contributed by atoms with Crippen molar-refractivity contribution in [1.82, 2.24) is 4.90 Å². The van der Waals surface area contributed by atoms with Gasteiger partial charge < -0.3 is 15.7 Å². The third-order valence-corrected chi connectivity index (χ3v) is 4.05. The lowest BCUT2D eigenvalue weighted by molar-refractivity contribution is -0.137. The molecule has 1 aliphatic heterocycles. The molecule has 2 aromatic carbocycles. The standard InChI is InChI=1S/C20H19N3O4/c1-13-5-7-15(8-6-13)22-19(26)14-3-2-4-16(11-14)21-17-12-18(25)23(9-10-24)20(17)27/h2-8,11-12,21,24H,9-10H2,1H3,(H,22,26). The summed E-state index contributed by atoms with van der Waals surface area (Å²) >= 11 is 0. The molecule has 0 unspecified atom stereocenters. The Balaban J connectivity index is 1.71. The van der Waals surface area contributed by atoms with Crippen molar-refractivity contribution in [3.8, 4) is 0 Å². The number of carbonyl (C=O) groups excluding carboxylic acids is 3. The number of anilines is 2. The van der Waals surface area contributed by atoms with E-state index in [0.717, 1.165) is 10.5 Å². The molecule has 3 rings (SSSR count). The quantitative estimate of drug-likeness (QED) is 0.679. The molecule has 0 atom stereocenters. The second-order valence-corrected chi connectivity index (χ2v) is 6.10. The number of hydrogen-bond acceptors (Lipinski definition) is 5. The predicted molar refractivity (Wildman–Crippen MR) is 101 cm³/mol. The Morgan fingerprint density at radius 3 is 2.52 bits per heavy atom. The van der Waals surface area contributed by atoms with Gasteiger partial charge in [-0.1, -0.05) is 23.8 Å². The smallest absolute Gasteiger partial charge is 0.277 e. The minimum absolute atomic E-state index is 0.0572. The van der Waals surface area contributed by atoms with Gasteiger partial charge in [0.1, 0.15) is 5.70 Å². The van der Waals surface area contributed by atoms with Gasteiger partial charge in [-0.05, 0) is 37.3 Å². The zero-order valence-corrected chi connectivity index (χ0v) is 14.7. The highest BCUT2D eigenvalue weighted by Crippen LogP contribution is 2.19. The number of nitrogens with zero attached hydrogens (tertiary/aromatic N) is 1. The molecule has 1 heterocycles. The third kappa shape index (κ3) is 4.21. The largest absolute Gasteiger partial charge is 0.395 e. The first kappa shape index (κ1) is 18.3. The minimum atomic E-state index is -0.511. The number of carbonyl (C=O) groups is 3. The molecule has 0 bridgehead atoms. The number of benzene rings is 2. The lowest BCUT2D eigenvalue weighted by Gasteiger charge is -2.13. The topological polar surface area (TPSA) is 98.7 Å². The van der Waals surface area contributed by atoms with Crippen LogP contribution in [0.2, 0.25) is 0 Å². The maximum Gasteiger partial charge on any atom is 0.277 e. The fourth-order valence-electron chi connectivity index (χ4n) is 2.64. The van der Waals surface area contributed by atoms with Gasteiger partial charge in [0.05, 0.1) is 13.2 Å². The highest BCUT2D eigenvalue weighted by molar-refractivity contribution is 6.17. The monoisotopic (exact) mass is 365 g/mol. The van der Waals surface area contributed by atoms with Crippen LogP contribution in [0, 0.1) is 6.92 Å². The number of amides is 3. The van der Waals surface area contributed by atoms with Gasteiger partial charge in [-0.3, -0.25) is 19.3 Å². The average Bonchev–Trinajstić information content (AvgIpc) is 2.91. The highest BCUT2D eigenvalue weighted by Gasteiger charge is 2.30. The Labute approximate surface area is 156 Å². The Bertz CT molecular complexity index is 919. The lowest BCUT2D eigenvalue weighted by atomic mass is 10.1. The molecular weight excluding hydrogens is 346 g/mol. The van der Waals surface area contributed by atoms with Crippen LogP contribution in [-0.4, -0.2) is 40.9 Å². The lowest BCUT2D eigenvalue weighted by Crippen LogP contribution is -2.34. The Hall–Kier alpha value is -3.45. The summed E-state index contributed by atoms with van der Waals surface area (Å²) < 4.78 is 0. The molecule has 0 saturated carbocycles. The molecule has 3 amide bonds. The number of aliphatic hydroxyl groups is 1. The average molecular weight is 365 g/mol. The van der Waals surface area contributed by atoms with Gasteiger partial charge in [-0.15, -0.1) is 0 Å². The number of aliphatic hydroxyl groups excluding tert-OH is 1. The van der Waals surface area contributed by atoms with E-state index in [1.165, 1.54) is 6.08 Å². The number of aryl methyl sites for hydroxylation is 1. The first-order valence-corrected chi connectivity index (χ1v) is 8.41. The van der Waals surface area contributed by atoms with Crippen molar-refractivity contribution in [3.05, 3.63) is 71.4 Å². The fourth-order valence-corrected chi connectivity index (χ4v) is 2.64. The van der Waals surface area contributed by atoms with Gasteiger partial charge in [0.2, 0.25) is 0 Å². The van der Waals surface area contributed by atoms with E-state index in [4.69, 9.17) is 5.11 Å². The summed E-state index contributed by atoms with van der Waals surface area (Å²) in [6.07, 6.45) is 1.18. The second-order valence-electron chi connectivity index (χ2n) is 6.10. The number of hydrogen-bond donors (Lipinski definition) is 3. The maximum atomic E-state index is 12.4. The highest BCUT2D eigenvalue weighted by atomic mass is 16.3. The van der Waals surface area contributed by atoms with Crippen LogP contribution >= 0.6 is 0 Å². The van der Waals surface area contributed by atoms with E-state index < -0.39 is 11.8 Å². The van der Waals surface area contributed by atoms with Crippen molar-refractivity contribution in [2.45, 2.75) is 6.92 Å². The van der Waals surface area contributed by atoms with Crippen LogP contribution in [0.5, 0.6) is 0 Å². The first-order chi connectivity index (χ1) is 13.0. The van der Waals surface area contributed by atoms with Gasteiger partial charge in [0.15, 0.2) is 0 Å². The Kier molecular flexibility index (Phi) is 5.33. The molecule has 0 aromatic heterocycles. The van der Waals surface area contributed by atoms with E-state index in [0.29, 0.717) is 16.9 Å². The van der Waals surface area contributed by atoms with Crippen LogP contribution in [0.1, 0.15) is 15.9 Å². The molecule has 0 aliphatic carbocycles. The van der Waals surface area contributed by atoms with E-state index in [2.05, 4.69) is 10.6 Å². The van der Waals surface area contributed by atoms with Crippen LogP contribution in [0.4, 0.5) is 11.4 Å². The molecule has 1 aliphatic rings. The molecule has 3 N–H and O–H groups in total. The molecule has 138 valence electrons. The van der Waals surface area contributed by atoms with Gasteiger partial charge in [-0.2, -0.15) is 0 Å². The summed E-state index contributed by atoms with van der Waals surface area (Å²) in [5, 5.41) is 14.6. The minimum Gasteiger partial charge on any atom is -0.395 e. The molecular formula is C20H19N3O4. The van der Waals surface area contributed by atoms with Crippen LogP contribution in [0.25, 0.3) is 0 Å². The summed E-state index contributed by atoms with van der Waals surface area (Å²) in [4.78, 5) is 37.4. The fraction of sp³-hybridized carbons (Fsp3) is 0.150. The molecule has 27 heavy (non-hydrogen) atoms. The summed E-state index contributed by atoms with van der Waals surface area (Å²) in [5.74, 6) is -1.28.